The Kier molecular flexibility index (Phi) is 8.39. The Morgan fingerprint density at radius 1 is 0.933 bits per heavy atom. The van der Waals surface area contributed by atoms with Crippen molar-refractivity contribution < 1.29 is 23.4 Å². The zero-order valence-corrected chi connectivity index (χ0v) is 25.3. The molecule has 0 radical (unpaired) electrons. The van der Waals surface area contributed by atoms with Crippen LogP contribution < -0.4 is 24.8 Å². The molecule has 5 aromatic rings. The topological polar surface area (TPSA) is 124 Å². The molecule has 1 aliphatic rings. The molecule has 0 spiro atoms. The first kappa shape index (κ1) is 29.7. The van der Waals surface area contributed by atoms with E-state index < -0.39 is 11.7 Å². The lowest BCUT2D eigenvalue weighted by atomic mass is 10.1. The van der Waals surface area contributed by atoms with Crippen LogP contribution in [0.4, 0.5) is 21.6 Å². The van der Waals surface area contributed by atoms with Gasteiger partial charge in [0.05, 0.1) is 42.1 Å². The molecule has 1 amide bonds. The quantitative estimate of drug-likeness (QED) is 0.184. The van der Waals surface area contributed by atoms with Gasteiger partial charge in [-0.2, -0.15) is 0 Å². The van der Waals surface area contributed by atoms with E-state index in [1.54, 1.807) is 37.7 Å². The molecule has 230 valence electrons. The van der Waals surface area contributed by atoms with E-state index in [1.807, 2.05) is 43.1 Å². The van der Waals surface area contributed by atoms with E-state index in [0.717, 1.165) is 36.0 Å². The van der Waals surface area contributed by atoms with E-state index in [0.29, 0.717) is 45.4 Å². The maximum absolute atomic E-state index is 14.9. The molecule has 1 atom stereocenters. The van der Waals surface area contributed by atoms with E-state index in [2.05, 4.69) is 30.6 Å². The monoisotopic (exact) mass is 609 g/mol. The number of carbonyl (C=O) groups excluding carboxylic acids is 1. The first-order valence-electron chi connectivity index (χ1n) is 14.4. The Hall–Kier alpha value is -5.36. The minimum Gasteiger partial charge on any atom is -0.494 e. The average molecular weight is 610 g/mol. The number of benzene rings is 3. The number of anilines is 3. The summed E-state index contributed by atoms with van der Waals surface area (Å²) in [6.07, 6.45) is 7.82. The van der Waals surface area contributed by atoms with Crippen molar-refractivity contribution in [2.75, 3.05) is 38.4 Å². The first-order chi connectivity index (χ1) is 21.8. The maximum Gasteiger partial charge on any atom is 0.284 e. The third kappa shape index (κ3) is 6.31. The minimum atomic E-state index is -0.856. The molecule has 45 heavy (non-hydrogen) atoms. The molecule has 2 N–H and O–H groups in total. The van der Waals surface area contributed by atoms with Gasteiger partial charge >= 0.3 is 0 Å². The van der Waals surface area contributed by atoms with Crippen molar-refractivity contribution >= 4 is 45.0 Å². The SMILES string of the molecule is COc1cc2ncnc(Nc3cc(C)c(Oc4ccc5nccnc5c4)cc3OC)c2cc1NC(=O)/C(F)=C\[C@H]1CCCN1C. The number of likely N-dealkylation sites (N-methyl/N-ethyl adjacent to an activating group) is 1. The van der Waals surface area contributed by atoms with E-state index >= 15 is 0 Å². The van der Waals surface area contributed by atoms with Crippen LogP contribution in [-0.2, 0) is 4.79 Å². The van der Waals surface area contributed by atoms with E-state index in [-0.39, 0.29) is 11.7 Å². The van der Waals surface area contributed by atoms with Crippen LogP contribution >= 0.6 is 0 Å². The predicted octanol–water partition coefficient (Wildman–Crippen LogP) is 6.32. The Labute approximate surface area is 259 Å². The van der Waals surface area contributed by atoms with Gasteiger partial charge in [0.1, 0.15) is 35.1 Å². The number of fused-ring (bicyclic) bond motifs is 2. The van der Waals surface area contributed by atoms with Gasteiger partial charge in [0.2, 0.25) is 0 Å². The van der Waals surface area contributed by atoms with Crippen LogP contribution in [0.5, 0.6) is 23.0 Å². The number of nitrogens with one attached hydrogen (secondary N) is 2. The molecule has 11 nitrogen and oxygen atoms in total. The maximum atomic E-state index is 14.9. The summed E-state index contributed by atoms with van der Waals surface area (Å²) in [5.74, 6) is 0.794. The lowest BCUT2D eigenvalue weighted by Crippen LogP contribution is -2.24. The Morgan fingerprint density at radius 2 is 1.71 bits per heavy atom. The van der Waals surface area contributed by atoms with E-state index in [9.17, 15) is 9.18 Å². The molecule has 2 aromatic heterocycles. The van der Waals surface area contributed by atoms with Gasteiger partial charge in [-0.3, -0.25) is 19.7 Å². The standard InChI is InChI=1S/C33H32FN7O4/c1-19-12-27(31(44-4)17-29(19)45-21-7-8-24-26(14-21)36-10-9-35-24)39-32-22-15-28(30(43-3)16-25(22)37-18-38-32)40-33(42)23(34)13-20-6-5-11-41(20)2/h7-10,12-18,20H,5-6,11H2,1-4H3,(H,40,42)(H,37,38,39)/b23-13+/t20-/m1/s1. The fourth-order valence-electron chi connectivity index (χ4n) is 5.33. The number of carbonyl (C=O) groups is 1. The van der Waals surface area contributed by atoms with Gasteiger partial charge in [-0.05, 0) is 69.3 Å². The summed E-state index contributed by atoms with van der Waals surface area (Å²) in [6.45, 7) is 2.78. The fraction of sp³-hybridized carbons (Fsp3) is 0.242. The number of ether oxygens (including phenoxy) is 3. The molecule has 0 bridgehead atoms. The zero-order chi connectivity index (χ0) is 31.5. The molecule has 1 fully saturated rings. The molecule has 1 aliphatic heterocycles. The molecule has 1 saturated heterocycles. The number of nitrogens with zero attached hydrogens (tertiary/aromatic N) is 5. The van der Waals surface area contributed by atoms with Crippen LogP contribution in [0.1, 0.15) is 18.4 Å². The molecule has 0 unspecified atom stereocenters. The van der Waals surface area contributed by atoms with Gasteiger partial charge in [-0.25, -0.2) is 14.4 Å². The van der Waals surface area contributed by atoms with Crippen LogP contribution in [0.25, 0.3) is 21.9 Å². The highest BCUT2D eigenvalue weighted by atomic mass is 19.1. The molecule has 3 heterocycles. The van der Waals surface area contributed by atoms with Crippen molar-refractivity contribution in [2.45, 2.75) is 25.8 Å². The number of likely N-dealkylation sites (tertiary alicyclic amines) is 1. The number of hydrogen-bond acceptors (Lipinski definition) is 10. The van der Waals surface area contributed by atoms with Gasteiger partial charge in [0.25, 0.3) is 5.91 Å². The second kappa shape index (κ2) is 12.7. The summed E-state index contributed by atoms with van der Waals surface area (Å²) in [5.41, 5.74) is 3.79. The lowest BCUT2D eigenvalue weighted by Gasteiger charge is -2.17. The van der Waals surface area contributed by atoms with Gasteiger partial charge in [-0.1, -0.05) is 0 Å². The van der Waals surface area contributed by atoms with Crippen molar-refractivity contribution in [1.29, 1.82) is 0 Å². The van der Waals surface area contributed by atoms with Crippen LogP contribution in [0.2, 0.25) is 0 Å². The van der Waals surface area contributed by atoms with Gasteiger partial charge < -0.3 is 24.8 Å². The third-order valence-electron chi connectivity index (χ3n) is 7.76. The smallest absolute Gasteiger partial charge is 0.284 e. The van der Waals surface area contributed by atoms with Crippen LogP contribution in [-0.4, -0.2) is 64.6 Å². The Bertz CT molecular complexity index is 1930. The number of aryl methyl sites for hydroxylation is 1. The molecular weight excluding hydrogens is 577 g/mol. The van der Waals surface area contributed by atoms with Crippen LogP contribution in [0, 0.1) is 6.92 Å². The second-order valence-corrected chi connectivity index (χ2v) is 10.7. The van der Waals surface area contributed by atoms with Crippen molar-refractivity contribution in [3.8, 4) is 23.0 Å². The highest BCUT2D eigenvalue weighted by Gasteiger charge is 2.22. The summed E-state index contributed by atoms with van der Waals surface area (Å²) < 4.78 is 32.3. The number of methoxy groups -OCH3 is 2. The Balaban J connectivity index is 1.28. The largest absolute Gasteiger partial charge is 0.494 e. The number of aromatic nitrogens is 4. The fourth-order valence-corrected chi connectivity index (χ4v) is 5.33. The zero-order valence-electron chi connectivity index (χ0n) is 25.3. The minimum absolute atomic E-state index is 0.115. The summed E-state index contributed by atoms with van der Waals surface area (Å²) in [6, 6.07) is 12.4. The van der Waals surface area contributed by atoms with Gasteiger partial charge in [0, 0.05) is 42.0 Å². The van der Waals surface area contributed by atoms with E-state index in [1.165, 1.54) is 19.5 Å². The summed E-state index contributed by atoms with van der Waals surface area (Å²) in [4.78, 5) is 32.3. The summed E-state index contributed by atoms with van der Waals surface area (Å²) in [5, 5.41) is 6.54. The molecule has 0 saturated carbocycles. The van der Waals surface area contributed by atoms with Crippen molar-refractivity contribution in [1.82, 2.24) is 24.8 Å². The molecule has 3 aromatic carbocycles. The van der Waals surface area contributed by atoms with E-state index in [4.69, 9.17) is 14.2 Å². The molecule has 12 heteroatoms. The van der Waals surface area contributed by atoms with Gasteiger partial charge in [-0.15, -0.1) is 0 Å². The molecule has 6 rings (SSSR count). The Morgan fingerprint density at radius 3 is 2.47 bits per heavy atom. The lowest BCUT2D eigenvalue weighted by molar-refractivity contribution is -0.114. The first-order valence-corrected chi connectivity index (χ1v) is 14.4. The third-order valence-corrected chi connectivity index (χ3v) is 7.76. The normalized spacial score (nSPS) is 15.3. The average Bonchev–Trinajstić information content (AvgIpc) is 3.45. The van der Waals surface area contributed by atoms with Gasteiger partial charge in [0.15, 0.2) is 5.83 Å². The number of hydrogen-bond donors (Lipinski definition) is 2. The van der Waals surface area contributed by atoms with Crippen molar-refractivity contribution in [2.24, 2.45) is 0 Å². The highest BCUT2D eigenvalue weighted by Crippen LogP contribution is 2.39. The van der Waals surface area contributed by atoms with Crippen LogP contribution in [0.15, 0.2) is 73.1 Å². The summed E-state index contributed by atoms with van der Waals surface area (Å²) in [7, 11) is 4.95. The molecular formula is C33H32FN7O4. The highest BCUT2D eigenvalue weighted by molar-refractivity contribution is 6.05. The predicted molar refractivity (Wildman–Crippen MR) is 170 cm³/mol. The number of halogens is 1. The number of amides is 1. The molecule has 0 aliphatic carbocycles. The second-order valence-electron chi connectivity index (χ2n) is 10.7. The van der Waals surface area contributed by atoms with Crippen molar-refractivity contribution in [3.05, 3.63) is 78.7 Å². The van der Waals surface area contributed by atoms with Crippen LogP contribution in [0.3, 0.4) is 0 Å². The van der Waals surface area contributed by atoms with Crippen molar-refractivity contribution in [3.63, 3.8) is 0 Å². The summed E-state index contributed by atoms with van der Waals surface area (Å²) >= 11 is 0. The number of rotatable bonds is 9.